The molecule has 0 spiro atoms. The number of amides is 3. The molecule has 4 atom stereocenters. The van der Waals surface area contributed by atoms with Gasteiger partial charge in [0.1, 0.15) is 11.9 Å². The van der Waals surface area contributed by atoms with Crippen LogP contribution < -0.4 is 19.9 Å². The summed E-state index contributed by atoms with van der Waals surface area (Å²) in [6, 6.07) is 11.8. The van der Waals surface area contributed by atoms with Crippen LogP contribution in [0.3, 0.4) is 0 Å². The summed E-state index contributed by atoms with van der Waals surface area (Å²) in [4.78, 5) is 34.8. The second-order valence-electron chi connectivity index (χ2n) is 10.2. The molecule has 1 saturated carbocycles. The molecule has 2 aromatic carbocycles. The van der Waals surface area contributed by atoms with Gasteiger partial charge in [0.2, 0.25) is 5.91 Å². The lowest BCUT2D eigenvalue weighted by atomic mass is 9.72. The van der Waals surface area contributed by atoms with Gasteiger partial charge in [-0.2, -0.15) is 5.26 Å². The Morgan fingerprint density at radius 3 is 2.69 bits per heavy atom. The summed E-state index contributed by atoms with van der Waals surface area (Å²) in [7, 11) is 1.51. The van der Waals surface area contributed by atoms with Gasteiger partial charge in [0.25, 0.3) is 0 Å². The number of halogens is 1. The Bertz CT molecular complexity index is 1480. The molecular formula is C29H28FN5O4. The van der Waals surface area contributed by atoms with Crippen LogP contribution in [0.4, 0.5) is 20.6 Å². The van der Waals surface area contributed by atoms with Crippen molar-refractivity contribution in [3.05, 3.63) is 59.9 Å². The van der Waals surface area contributed by atoms with E-state index in [1.807, 2.05) is 18.2 Å². The van der Waals surface area contributed by atoms with E-state index in [4.69, 9.17) is 9.47 Å². The Kier molecular flexibility index (Phi) is 6.53. The quantitative estimate of drug-likeness (QED) is 0.546. The topological polar surface area (TPSA) is 108 Å². The molecule has 2 saturated heterocycles. The van der Waals surface area contributed by atoms with Crippen LogP contribution in [0.5, 0.6) is 5.75 Å². The molecule has 3 aromatic rings. The molecule has 200 valence electrons. The normalized spacial score (nSPS) is 25.2. The number of carbonyl (C=O) groups excluding carboxylic acids is 2. The van der Waals surface area contributed by atoms with Crippen molar-refractivity contribution in [3.8, 4) is 11.8 Å². The maximum Gasteiger partial charge on any atom is 0.329 e. The molecule has 4 unspecified atom stereocenters. The number of hydrogen-bond acceptors (Lipinski definition) is 7. The third kappa shape index (κ3) is 4.42. The summed E-state index contributed by atoms with van der Waals surface area (Å²) >= 11 is 0. The Labute approximate surface area is 225 Å². The number of pyridine rings is 1. The lowest BCUT2D eigenvalue weighted by Gasteiger charge is -2.44. The fraction of sp³-hybridized carbons (Fsp3) is 0.379. The van der Waals surface area contributed by atoms with Crippen molar-refractivity contribution in [2.24, 2.45) is 5.92 Å². The maximum absolute atomic E-state index is 15.7. The van der Waals surface area contributed by atoms with Crippen LogP contribution in [0, 0.1) is 17.2 Å². The van der Waals surface area contributed by atoms with Crippen LogP contribution >= 0.6 is 0 Å². The van der Waals surface area contributed by atoms with Crippen LogP contribution in [0.25, 0.3) is 10.8 Å². The van der Waals surface area contributed by atoms with E-state index in [-0.39, 0.29) is 12.8 Å². The number of methoxy groups -OCH3 is 1. The summed E-state index contributed by atoms with van der Waals surface area (Å²) in [6.45, 7) is 2.76. The van der Waals surface area contributed by atoms with Crippen molar-refractivity contribution < 1.29 is 23.5 Å². The summed E-state index contributed by atoms with van der Waals surface area (Å²) in [5.41, 5.74) is 2.23. The van der Waals surface area contributed by atoms with Crippen LogP contribution in [-0.4, -0.2) is 62.5 Å². The van der Waals surface area contributed by atoms with Crippen molar-refractivity contribution in [1.29, 1.82) is 5.26 Å². The molecule has 10 heteroatoms. The minimum Gasteiger partial charge on any atom is -0.497 e. The molecule has 3 fully saturated rings. The van der Waals surface area contributed by atoms with Gasteiger partial charge in [-0.25, -0.2) is 14.1 Å². The number of anilines is 2. The van der Waals surface area contributed by atoms with Gasteiger partial charge in [-0.1, -0.05) is 6.07 Å². The predicted molar refractivity (Wildman–Crippen MR) is 143 cm³/mol. The number of nitrogens with zero attached hydrogens (tertiary/aromatic N) is 4. The number of nitriles is 1. The van der Waals surface area contributed by atoms with Gasteiger partial charge in [0.05, 0.1) is 49.8 Å². The van der Waals surface area contributed by atoms with Crippen molar-refractivity contribution in [1.82, 2.24) is 10.3 Å². The van der Waals surface area contributed by atoms with Crippen LogP contribution in [-0.2, 0) is 9.53 Å². The van der Waals surface area contributed by atoms with Gasteiger partial charge in [0, 0.05) is 47.7 Å². The van der Waals surface area contributed by atoms with E-state index in [1.165, 1.54) is 13.3 Å². The van der Waals surface area contributed by atoms with E-state index in [1.54, 1.807) is 24.4 Å². The molecule has 0 bridgehead atoms. The number of carbonyl (C=O) groups is 2. The number of morpholine rings is 1. The molecule has 1 aromatic heterocycles. The number of aromatic nitrogens is 1. The number of rotatable bonds is 4. The molecule has 39 heavy (non-hydrogen) atoms. The second kappa shape index (κ2) is 10.2. The summed E-state index contributed by atoms with van der Waals surface area (Å²) in [5.74, 6) is -1.30. The molecule has 0 radical (unpaired) electrons. The monoisotopic (exact) mass is 529 g/mol. The molecule has 3 aliphatic rings. The number of imide groups is 1. The molecule has 9 nitrogen and oxygen atoms in total. The standard InChI is InChI=1S/C29H28FN5O4/c1-38-20-5-3-17(14-31)21(11-20)23-13-26-24(12-25(23)30)28(36)35(29(37)33-26)27-16-32-15-18-2-4-19(10-22(18)27)34-6-8-39-9-7-34/h2-5,10-11,15-16,23-26H,6-9,12-13H2,1H3,(H,33,37). The third-order valence-electron chi connectivity index (χ3n) is 8.08. The first-order valence-corrected chi connectivity index (χ1v) is 13.1. The minimum absolute atomic E-state index is 0.0652. The van der Waals surface area contributed by atoms with E-state index >= 15 is 4.39 Å². The van der Waals surface area contributed by atoms with Gasteiger partial charge >= 0.3 is 6.03 Å². The van der Waals surface area contributed by atoms with E-state index in [0.29, 0.717) is 35.8 Å². The Hall–Kier alpha value is -4.23. The van der Waals surface area contributed by atoms with Gasteiger partial charge < -0.3 is 19.7 Å². The zero-order chi connectivity index (χ0) is 27.1. The highest BCUT2D eigenvalue weighted by atomic mass is 19.1. The van der Waals surface area contributed by atoms with Gasteiger partial charge in [-0.05, 0) is 48.7 Å². The average Bonchev–Trinajstić information content (AvgIpc) is 2.97. The van der Waals surface area contributed by atoms with Gasteiger partial charge in [-0.15, -0.1) is 0 Å². The maximum atomic E-state index is 15.7. The number of ether oxygens (including phenoxy) is 2. The zero-order valence-corrected chi connectivity index (χ0v) is 21.5. The summed E-state index contributed by atoms with van der Waals surface area (Å²) in [5, 5.41) is 14.1. The van der Waals surface area contributed by atoms with E-state index < -0.39 is 36.0 Å². The van der Waals surface area contributed by atoms with E-state index in [2.05, 4.69) is 21.3 Å². The van der Waals surface area contributed by atoms with Crippen LogP contribution in [0.2, 0.25) is 0 Å². The number of urea groups is 1. The lowest BCUT2D eigenvalue weighted by Crippen LogP contribution is -2.62. The van der Waals surface area contributed by atoms with Crippen molar-refractivity contribution in [3.63, 3.8) is 0 Å². The van der Waals surface area contributed by atoms with Crippen molar-refractivity contribution in [2.45, 2.75) is 31.0 Å². The summed E-state index contributed by atoms with van der Waals surface area (Å²) in [6.07, 6.45) is 1.97. The first-order chi connectivity index (χ1) is 19.0. The molecule has 1 N–H and O–H groups in total. The highest BCUT2D eigenvalue weighted by Crippen LogP contribution is 2.43. The van der Waals surface area contributed by atoms with E-state index in [0.717, 1.165) is 34.4 Å². The zero-order valence-electron chi connectivity index (χ0n) is 21.5. The van der Waals surface area contributed by atoms with Gasteiger partial charge in [0.15, 0.2) is 0 Å². The molecule has 2 aliphatic heterocycles. The third-order valence-corrected chi connectivity index (χ3v) is 8.08. The Balaban J connectivity index is 1.31. The Morgan fingerprint density at radius 2 is 1.92 bits per heavy atom. The van der Waals surface area contributed by atoms with Crippen LogP contribution in [0.15, 0.2) is 48.8 Å². The molecule has 3 heterocycles. The summed E-state index contributed by atoms with van der Waals surface area (Å²) < 4.78 is 26.5. The molecular weight excluding hydrogens is 501 g/mol. The SMILES string of the molecule is COc1ccc(C#N)c(C2CC3NC(=O)N(c4cncc5ccc(N6CCOCC6)cc45)C(=O)C3CC2F)c1. The number of fused-ring (bicyclic) bond motifs is 2. The van der Waals surface area contributed by atoms with Gasteiger partial charge in [-0.3, -0.25) is 9.78 Å². The smallest absolute Gasteiger partial charge is 0.329 e. The first-order valence-electron chi connectivity index (χ1n) is 13.1. The predicted octanol–water partition coefficient (Wildman–Crippen LogP) is 3.91. The lowest BCUT2D eigenvalue weighted by molar-refractivity contribution is -0.125. The largest absolute Gasteiger partial charge is 0.497 e. The number of benzene rings is 2. The van der Waals surface area contributed by atoms with Crippen molar-refractivity contribution >= 4 is 34.1 Å². The molecule has 6 rings (SSSR count). The number of hydrogen-bond donors (Lipinski definition) is 1. The Morgan fingerprint density at radius 1 is 1.10 bits per heavy atom. The fourth-order valence-electron chi connectivity index (χ4n) is 6.04. The number of alkyl halides is 1. The highest BCUT2D eigenvalue weighted by Gasteiger charge is 2.49. The highest BCUT2D eigenvalue weighted by molar-refractivity contribution is 6.20. The molecule has 1 aliphatic carbocycles. The van der Waals surface area contributed by atoms with E-state index in [9.17, 15) is 14.9 Å². The minimum atomic E-state index is -1.37. The molecule has 3 amide bonds. The average molecular weight is 530 g/mol. The first kappa shape index (κ1) is 25.1. The second-order valence-corrected chi connectivity index (χ2v) is 10.2. The van der Waals surface area contributed by atoms with Crippen molar-refractivity contribution in [2.75, 3.05) is 43.2 Å². The van der Waals surface area contributed by atoms with Crippen LogP contribution in [0.1, 0.15) is 29.9 Å². The fourth-order valence-corrected chi connectivity index (χ4v) is 6.04. The number of nitrogens with one attached hydrogen (secondary N) is 1.